The van der Waals surface area contributed by atoms with Gasteiger partial charge in [0.1, 0.15) is 5.82 Å². The molecule has 4 nitrogen and oxygen atoms in total. The highest BCUT2D eigenvalue weighted by Crippen LogP contribution is 2.29. The predicted octanol–water partition coefficient (Wildman–Crippen LogP) is 4.34. The maximum atomic E-state index is 13.1. The molecule has 0 spiro atoms. The number of likely N-dealkylation sites (tertiary alicyclic amines) is 1. The number of benzene rings is 2. The van der Waals surface area contributed by atoms with Crippen LogP contribution in [0.4, 0.5) is 4.39 Å². The van der Waals surface area contributed by atoms with Gasteiger partial charge >= 0.3 is 0 Å². The average molecular weight is 363 g/mol. The van der Waals surface area contributed by atoms with E-state index in [-0.39, 0.29) is 11.7 Å². The Morgan fingerprint density at radius 3 is 2.48 bits per heavy atom. The van der Waals surface area contributed by atoms with Gasteiger partial charge in [-0.15, -0.1) is 0 Å². The zero-order chi connectivity index (χ0) is 18.8. The lowest BCUT2D eigenvalue weighted by molar-refractivity contribution is 0.0712. The normalized spacial score (nSPS) is 15.1. The molecule has 3 aromatic rings. The van der Waals surface area contributed by atoms with Crippen LogP contribution in [0.15, 0.2) is 60.9 Å². The van der Waals surface area contributed by atoms with Crippen molar-refractivity contribution < 1.29 is 9.18 Å². The van der Waals surface area contributed by atoms with E-state index in [0.29, 0.717) is 5.92 Å². The van der Waals surface area contributed by atoms with Gasteiger partial charge in [0.15, 0.2) is 0 Å². The first kappa shape index (κ1) is 17.5. The van der Waals surface area contributed by atoms with Crippen LogP contribution < -0.4 is 0 Å². The average Bonchev–Trinajstić information content (AvgIpc) is 3.19. The van der Waals surface area contributed by atoms with Crippen molar-refractivity contribution >= 4 is 5.91 Å². The number of carbonyl (C=O) groups excluding carboxylic acids is 1. The lowest BCUT2D eigenvalue weighted by atomic mass is 9.91. The first-order chi connectivity index (χ1) is 13.1. The van der Waals surface area contributed by atoms with E-state index in [1.54, 1.807) is 16.8 Å². The second-order valence-electron chi connectivity index (χ2n) is 7.08. The fourth-order valence-corrected chi connectivity index (χ4v) is 3.68. The topological polar surface area (TPSA) is 38.1 Å². The van der Waals surface area contributed by atoms with Crippen LogP contribution in [0.2, 0.25) is 0 Å². The van der Waals surface area contributed by atoms with Gasteiger partial charge in [-0.1, -0.05) is 18.2 Å². The summed E-state index contributed by atoms with van der Waals surface area (Å²) in [5.41, 5.74) is 3.82. The summed E-state index contributed by atoms with van der Waals surface area (Å²) < 4.78 is 14.9. The Hall–Kier alpha value is -2.95. The third-order valence-electron chi connectivity index (χ3n) is 5.32. The minimum Gasteiger partial charge on any atom is -0.339 e. The molecule has 27 heavy (non-hydrogen) atoms. The number of hydrogen-bond donors (Lipinski definition) is 0. The first-order valence-corrected chi connectivity index (χ1v) is 9.27. The molecular formula is C22H22FN3O. The van der Waals surface area contributed by atoms with Crippen molar-refractivity contribution in [1.82, 2.24) is 14.7 Å². The number of carbonyl (C=O) groups is 1. The van der Waals surface area contributed by atoms with Crippen molar-refractivity contribution in [3.05, 3.63) is 83.4 Å². The monoisotopic (exact) mass is 363 g/mol. The maximum Gasteiger partial charge on any atom is 0.254 e. The summed E-state index contributed by atoms with van der Waals surface area (Å²) >= 11 is 0. The minimum absolute atomic E-state index is 0.119. The zero-order valence-corrected chi connectivity index (χ0v) is 15.3. The van der Waals surface area contributed by atoms with E-state index in [1.807, 2.05) is 48.5 Å². The molecule has 5 heteroatoms. The summed E-state index contributed by atoms with van der Waals surface area (Å²) in [4.78, 5) is 14.7. The van der Waals surface area contributed by atoms with Gasteiger partial charge in [-0.2, -0.15) is 5.10 Å². The zero-order valence-electron chi connectivity index (χ0n) is 15.3. The molecule has 2 heterocycles. The van der Waals surface area contributed by atoms with Gasteiger partial charge in [0.2, 0.25) is 0 Å². The molecule has 1 aliphatic heterocycles. The Balaban J connectivity index is 1.42. The number of amides is 1. The molecule has 0 atom stereocenters. The van der Waals surface area contributed by atoms with Gasteiger partial charge in [0, 0.05) is 24.8 Å². The van der Waals surface area contributed by atoms with Crippen LogP contribution in [0, 0.1) is 12.7 Å². The van der Waals surface area contributed by atoms with Crippen LogP contribution in [-0.4, -0.2) is 33.7 Å². The van der Waals surface area contributed by atoms with Gasteiger partial charge in [-0.25, -0.2) is 9.07 Å². The fraction of sp³-hybridized carbons (Fsp3) is 0.273. The van der Waals surface area contributed by atoms with E-state index in [9.17, 15) is 9.18 Å². The van der Waals surface area contributed by atoms with Crippen molar-refractivity contribution in [2.24, 2.45) is 0 Å². The SMILES string of the molecule is Cc1ccccc1C(=O)N1CCC(c2cnn(-c3ccc(F)cc3)c2)CC1. The third-order valence-corrected chi connectivity index (χ3v) is 5.32. The molecule has 1 aromatic heterocycles. The van der Waals surface area contributed by atoms with Crippen molar-refractivity contribution in [3.63, 3.8) is 0 Å². The molecular weight excluding hydrogens is 341 g/mol. The van der Waals surface area contributed by atoms with Crippen molar-refractivity contribution in [1.29, 1.82) is 0 Å². The highest BCUT2D eigenvalue weighted by molar-refractivity contribution is 5.95. The van der Waals surface area contributed by atoms with E-state index in [4.69, 9.17) is 0 Å². The van der Waals surface area contributed by atoms with Crippen molar-refractivity contribution in [3.8, 4) is 5.69 Å². The number of aromatic nitrogens is 2. The molecule has 4 rings (SSSR count). The summed E-state index contributed by atoms with van der Waals surface area (Å²) in [6, 6.07) is 14.1. The molecule has 1 aliphatic rings. The lowest BCUT2D eigenvalue weighted by Crippen LogP contribution is -2.38. The fourth-order valence-electron chi connectivity index (χ4n) is 3.68. The van der Waals surface area contributed by atoms with Gasteiger partial charge in [-0.3, -0.25) is 4.79 Å². The molecule has 0 N–H and O–H groups in total. The Morgan fingerprint density at radius 1 is 1.07 bits per heavy atom. The highest BCUT2D eigenvalue weighted by Gasteiger charge is 2.26. The third kappa shape index (κ3) is 3.63. The number of rotatable bonds is 3. The summed E-state index contributed by atoms with van der Waals surface area (Å²) in [5, 5.41) is 4.42. The van der Waals surface area contributed by atoms with Crippen LogP contribution in [0.1, 0.15) is 40.2 Å². The number of hydrogen-bond acceptors (Lipinski definition) is 2. The van der Waals surface area contributed by atoms with Crippen LogP contribution in [0.3, 0.4) is 0 Å². The van der Waals surface area contributed by atoms with Crippen LogP contribution in [0.25, 0.3) is 5.69 Å². The summed E-state index contributed by atoms with van der Waals surface area (Å²) in [6.07, 6.45) is 5.74. The summed E-state index contributed by atoms with van der Waals surface area (Å²) in [6.45, 7) is 3.48. The summed E-state index contributed by atoms with van der Waals surface area (Å²) in [7, 11) is 0. The molecule has 0 unspecified atom stereocenters. The molecule has 1 fully saturated rings. The Kier molecular flexibility index (Phi) is 4.75. The first-order valence-electron chi connectivity index (χ1n) is 9.27. The molecule has 2 aromatic carbocycles. The molecule has 1 amide bonds. The largest absolute Gasteiger partial charge is 0.339 e. The van der Waals surface area contributed by atoms with E-state index in [0.717, 1.165) is 42.7 Å². The second-order valence-corrected chi connectivity index (χ2v) is 7.08. The van der Waals surface area contributed by atoms with Crippen LogP contribution in [0.5, 0.6) is 0 Å². The van der Waals surface area contributed by atoms with E-state index in [2.05, 4.69) is 5.10 Å². The molecule has 0 aliphatic carbocycles. The quantitative estimate of drug-likeness (QED) is 0.694. The second kappa shape index (κ2) is 7.35. The Morgan fingerprint density at radius 2 is 1.78 bits per heavy atom. The van der Waals surface area contributed by atoms with E-state index < -0.39 is 0 Å². The predicted molar refractivity (Wildman–Crippen MR) is 103 cm³/mol. The van der Waals surface area contributed by atoms with Gasteiger partial charge in [0.05, 0.1) is 11.9 Å². The number of aryl methyl sites for hydroxylation is 1. The van der Waals surface area contributed by atoms with Crippen LogP contribution >= 0.6 is 0 Å². The highest BCUT2D eigenvalue weighted by atomic mass is 19.1. The molecule has 0 bridgehead atoms. The smallest absolute Gasteiger partial charge is 0.254 e. The Labute approximate surface area is 158 Å². The standard InChI is InChI=1S/C22H22FN3O/c1-16-4-2-3-5-21(16)22(27)25-12-10-17(11-13-25)18-14-24-26(15-18)20-8-6-19(23)7-9-20/h2-9,14-15,17H,10-13H2,1H3. The van der Waals surface area contributed by atoms with E-state index >= 15 is 0 Å². The Bertz CT molecular complexity index is 940. The molecule has 138 valence electrons. The van der Waals surface area contributed by atoms with Gasteiger partial charge < -0.3 is 4.90 Å². The summed E-state index contributed by atoms with van der Waals surface area (Å²) in [5.74, 6) is 0.255. The van der Waals surface area contributed by atoms with Crippen molar-refractivity contribution in [2.45, 2.75) is 25.7 Å². The van der Waals surface area contributed by atoms with Crippen LogP contribution in [-0.2, 0) is 0 Å². The molecule has 0 radical (unpaired) electrons. The minimum atomic E-state index is -0.253. The number of piperidine rings is 1. The molecule has 0 saturated carbocycles. The maximum absolute atomic E-state index is 13.1. The van der Waals surface area contributed by atoms with Gasteiger partial charge in [-0.05, 0) is 67.1 Å². The molecule has 1 saturated heterocycles. The number of nitrogens with zero attached hydrogens (tertiary/aromatic N) is 3. The van der Waals surface area contributed by atoms with Gasteiger partial charge in [0.25, 0.3) is 5.91 Å². The lowest BCUT2D eigenvalue weighted by Gasteiger charge is -2.32. The van der Waals surface area contributed by atoms with Crippen molar-refractivity contribution in [2.75, 3.05) is 13.1 Å². The van der Waals surface area contributed by atoms with E-state index in [1.165, 1.54) is 17.7 Å². The number of halogens is 1.